The Kier molecular flexibility index (Phi) is 7.02. The molecule has 0 saturated carbocycles. The van der Waals surface area contributed by atoms with Crippen molar-refractivity contribution in [2.45, 2.75) is 0 Å². The van der Waals surface area contributed by atoms with Crippen molar-refractivity contribution in [3.05, 3.63) is 142 Å². The van der Waals surface area contributed by atoms with E-state index >= 15 is 0 Å². The fourth-order valence-corrected chi connectivity index (χ4v) is 4.48. The molecule has 4 rings (SSSR count). The molecule has 0 heterocycles. The molecule has 4 aromatic carbocycles. The molecule has 0 unspecified atom stereocenters. The van der Waals surface area contributed by atoms with Crippen LogP contribution in [-0.2, 0) is 0 Å². The minimum absolute atomic E-state index is 1.08. The zero-order valence-corrected chi connectivity index (χ0v) is 18.8. The molecule has 0 aliphatic heterocycles. The number of hydrogen-bond acceptors (Lipinski definition) is 1. The highest BCUT2D eigenvalue weighted by molar-refractivity contribution is 9.10. The molecule has 0 N–H and O–H groups in total. The first-order chi connectivity index (χ1) is 14.8. The van der Waals surface area contributed by atoms with Gasteiger partial charge in [-0.05, 0) is 46.5 Å². The number of hydrogen-bond donors (Lipinski definition) is 0. The van der Waals surface area contributed by atoms with Crippen LogP contribution in [0.5, 0.6) is 0 Å². The first kappa shape index (κ1) is 20.5. The van der Waals surface area contributed by atoms with Gasteiger partial charge < -0.3 is 0 Å². The average molecular weight is 469 g/mol. The van der Waals surface area contributed by atoms with Gasteiger partial charge in [0, 0.05) is 14.3 Å². The second-order valence-corrected chi connectivity index (χ2v) is 8.81. The molecule has 0 spiro atoms. The van der Waals surface area contributed by atoms with Gasteiger partial charge >= 0.3 is 0 Å². The third-order valence-corrected chi connectivity index (χ3v) is 6.28. The molecule has 2 heteroatoms. The first-order valence-electron chi connectivity index (χ1n) is 9.81. The van der Waals surface area contributed by atoms with Crippen LogP contribution in [0.15, 0.2) is 120 Å². The van der Waals surface area contributed by atoms with Crippen LogP contribution in [0, 0.1) is 0 Å². The van der Waals surface area contributed by atoms with Gasteiger partial charge in [-0.15, -0.1) is 0 Å². The van der Waals surface area contributed by atoms with Gasteiger partial charge in [0.05, 0.1) is 0 Å². The second-order valence-electron chi connectivity index (χ2n) is 6.81. The van der Waals surface area contributed by atoms with Crippen LogP contribution in [0.4, 0.5) is 0 Å². The molecule has 30 heavy (non-hydrogen) atoms. The molecular formula is C28H21BrS. The number of benzene rings is 4. The molecule has 0 fully saturated rings. The summed E-state index contributed by atoms with van der Waals surface area (Å²) < 4.78 is 1.08. The van der Waals surface area contributed by atoms with Crippen LogP contribution in [0.3, 0.4) is 0 Å². The molecule has 0 aromatic heterocycles. The highest BCUT2D eigenvalue weighted by Crippen LogP contribution is 2.41. The third-order valence-electron chi connectivity index (χ3n) is 4.60. The quantitative estimate of drug-likeness (QED) is 0.254. The van der Waals surface area contributed by atoms with Gasteiger partial charge in [-0.3, -0.25) is 0 Å². The molecule has 0 aliphatic rings. The van der Waals surface area contributed by atoms with Crippen molar-refractivity contribution in [3.63, 3.8) is 0 Å². The average Bonchev–Trinajstić information content (AvgIpc) is 2.81. The summed E-state index contributed by atoms with van der Waals surface area (Å²) in [6.45, 7) is 0. The van der Waals surface area contributed by atoms with Gasteiger partial charge in [-0.2, -0.15) is 0 Å². The minimum atomic E-state index is 1.08. The molecule has 0 aliphatic carbocycles. The van der Waals surface area contributed by atoms with E-state index in [9.17, 15) is 0 Å². The first-order valence-corrected chi connectivity index (χ1v) is 11.4. The molecular weight excluding hydrogens is 448 g/mol. The highest BCUT2D eigenvalue weighted by atomic mass is 79.9. The lowest BCUT2D eigenvalue weighted by atomic mass is 10.1. The maximum atomic E-state index is 3.56. The molecule has 0 saturated heterocycles. The van der Waals surface area contributed by atoms with Gasteiger partial charge in [-0.25, -0.2) is 0 Å². The Hall–Kier alpha value is -2.81. The second kappa shape index (κ2) is 10.3. The Morgan fingerprint density at radius 3 is 1.37 bits per heavy atom. The van der Waals surface area contributed by atoms with Crippen molar-refractivity contribution in [2.75, 3.05) is 0 Å². The Balaban J connectivity index is 1.79. The molecule has 0 radical (unpaired) electrons. The van der Waals surface area contributed by atoms with E-state index < -0.39 is 0 Å². The summed E-state index contributed by atoms with van der Waals surface area (Å²) in [6.07, 6.45) is 4.52. The summed E-state index contributed by atoms with van der Waals surface area (Å²) in [5, 5.41) is 0. The van der Waals surface area contributed by atoms with E-state index in [1.165, 1.54) is 32.1 Å². The van der Waals surface area contributed by atoms with Crippen molar-refractivity contribution in [3.8, 4) is 0 Å². The van der Waals surface area contributed by atoms with E-state index in [0.29, 0.717) is 0 Å². The summed E-state index contributed by atoms with van der Waals surface area (Å²) in [7, 11) is 0. The minimum Gasteiger partial charge on any atom is -0.0888 e. The van der Waals surface area contributed by atoms with E-state index in [-0.39, 0.29) is 0 Å². The monoisotopic (exact) mass is 468 g/mol. The van der Waals surface area contributed by atoms with Crippen molar-refractivity contribution >= 4 is 49.7 Å². The largest absolute Gasteiger partial charge is 0.0888 e. The molecule has 0 nitrogen and oxygen atoms in total. The molecule has 0 amide bonds. The van der Waals surface area contributed by atoms with E-state index in [2.05, 4.69) is 143 Å². The van der Waals surface area contributed by atoms with Crippen molar-refractivity contribution in [1.82, 2.24) is 0 Å². The van der Waals surface area contributed by atoms with Crippen LogP contribution in [-0.4, -0.2) is 0 Å². The summed E-state index contributed by atoms with van der Waals surface area (Å²) in [5.74, 6) is 0. The fraction of sp³-hybridized carbons (Fsp3) is 0. The third kappa shape index (κ3) is 5.63. The molecule has 0 atom stereocenters. The topological polar surface area (TPSA) is 0 Å². The molecule has 146 valence electrons. The Morgan fingerprint density at radius 2 is 0.900 bits per heavy atom. The van der Waals surface area contributed by atoms with Gasteiger partial charge in [0.15, 0.2) is 0 Å². The summed E-state index contributed by atoms with van der Waals surface area (Å²) in [5.41, 5.74) is 4.79. The van der Waals surface area contributed by atoms with Crippen molar-refractivity contribution in [1.29, 1.82) is 0 Å². The van der Waals surface area contributed by atoms with E-state index in [1.54, 1.807) is 11.8 Å². The lowest BCUT2D eigenvalue weighted by Crippen LogP contribution is -1.85. The zero-order chi connectivity index (χ0) is 20.6. The molecule has 0 bridgehead atoms. The number of rotatable bonds is 6. The van der Waals surface area contributed by atoms with E-state index in [4.69, 9.17) is 0 Å². The van der Waals surface area contributed by atoms with Crippen LogP contribution < -0.4 is 0 Å². The predicted molar refractivity (Wildman–Crippen MR) is 137 cm³/mol. The summed E-state index contributed by atoms with van der Waals surface area (Å²) in [4.78, 5) is 2.42. The lowest BCUT2D eigenvalue weighted by molar-refractivity contribution is 1.60. The predicted octanol–water partition coefficient (Wildman–Crippen LogP) is 8.88. The van der Waals surface area contributed by atoms with Gasteiger partial charge in [0.25, 0.3) is 0 Å². The Morgan fingerprint density at radius 1 is 0.500 bits per heavy atom. The van der Waals surface area contributed by atoms with Gasteiger partial charge in [0.1, 0.15) is 0 Å². The fourth-order valence-electron chi connectivity index (χ4n) is 3.08. The summed E-state index contributed by atoms with van der Waals surface area (Å²) >= 11 is 5.35. The van der Waals surface area contributed by atoms with E-state index in [0.717, 1.165) is 4.47 Å². The van der Waals surface area contributed by atoms with Crippen LogP contribution in [0.25, 0.3) is 22.0 Å². The zero-order valence-electron chi connectivity index (χ0n) is 16.4. The normalized spacial score (nSPS) is 12.0. The van der Waals surface area contributed by atoms with E-state index in [1.807, 2.05) is 0 Å². The van der Waals surface area contributed by atoms with Crippen LogP contribution in [0.2, 0.25) is 0 Å². The maximum absolute atomic E-state index is 3.56. The Bertz CT molecular complexity index is 1130. The molecule has 4 aromatic rings. The van der Waals surface area contributed by atoms with Crippen LogP contribution >= 0.6 is 27.7 Å². The van der Waals surface area contributed by atoms with Gasteiger partial charge in [-0.1, -0.05) is 131 Å². The summed E-state index contributed by atoms with van der Waals surface area (Å²) in [6, 6.07) is 40.1. The lowest BCUT2D eigenvalue weighted by Gasteiger charge is -2.13. The maximum Gasteiger partial charge on any atom is 0.0200 e. The van der Waals surface area contributed by atoms with Crippen molar-refractivity contribution < 1.29 is 0 Å². The smallest absolute Gasteiger partial charge is 0.0200 e. The number of halogens is 1. The SMILES string of the molecule is Brc1ccc(/C(=C\c2ccccc2)S/C(=C/c2ccccc2)c2ccccc2)cc1. The highest BCUT2D eigenvalue weighted by Gasteiger charge is 2.10. The number of thioether (sulfide) groups is 1. The van der Waals surface area contributed by atoms with Crippen LogP contribution in [0.1, 0.15) is 22.3 Å². The van der Waals surface area contributed by atoms with Crippen molar-refractivity contribution in [2.24, 2.45) is 0 Å². The van der Waals surface area contributed by atoms with Gasteiger partial charge in [0.2, 0.25) is 0 Å². The Labute approximate surface area is 191 Å². The standard InChI is InChI=1S/C28H21BrS/c29-26-18-16-25(17-19-26)28(21-23-12-6-2-7-13-23)30-27(24-14-8-3-9-15-24)20-22-10-4-1-5-11-22/h1-21H/b27-20+,28-21+.